The fourth-order valence-corrected chi connectivity index (χ4v) is 2.55. The van der Waals surface area contributed by atoms with E-state index >= 15 is 0 Å². The van der Waals surface area contributed by atoms with E-state index in [1.165, 1.54) is 11.1 Å². The van der Waals surface area contributed by atoms with Gasteiger partial charge in [0.2, 0.25) is 0 Å². The molecule has 1 unspecified atom stereocenters. The normalized spacial score (nSPS) is 12.7. The zero-order valence-corrected chi connectivity index (χ0v) is 13.3. The largest absolute Gasteiger partial charge is 0.369 e. The Morgan fingerprint density at radius 1 is 1.09 bits per heavy atom. The predicted molar refractivity (Wildman–Crippen MR) is 91.3 cm³/mol. The molecule has 4 heteroatoms. The molecule has 2 heterocycles. The van der Waals surface area contributed by atoms with Crippen molar-refractivity contribution in [2.24, 2.45) is 0 Å². The van der Waals surface area contributed by atoms with Crippen LogP contribution in [0, 0.1) is 0 Å². The first-order chi connectivity index (χ1) is 10.6. The number of nitrogens with one attached hydrogen (secondary N) is 2. The van der Waals surface area contributed by atoms with E-state index in [9.17, 15) is 0 Å². The summed E-state index contributed by atoms with van der Waals surface area (Å²) in [7, 11) is 0. The highest BCUT2D eigenvalue weighted by atomic mass is 15.1. The number of nitrogens with zero attached hydrogens (tertiary/aromatic N) is 2. The van der Waals surface area contributed by atoms with E-state index in [-0.39, 0.29) is 0 Å². The summed E-state index contributed by atoms with van der Waals surface area (Å²) in [4.78, 5) is 4.40. The highest BCUT2D eigenvalue weighted by Gasteiger charge is 2.08. The molecule has 0 bridgehead atoms. The van der Waals surface area contributed by atoms with E-state index < -0.39 is 0 Å². The molecule has 2 aromatic heterocycles. The number of hydrogen-bond donors (Lipinski definition) is 2. The van der Waals surface area contributed by atoms with Gasteiger partial charge in [-0.1, -0.05) is 26.8 Å². The molecule has 0 radical (unpaired) electrons. The third kappa shape index (κ3) is 3.11. The Morgan fingerprint density at radius 2 is 1.95 bits per heavy atom. The van der Waals surface area contributed by atoms with Crippen LogP contribution < -0.4 is 5.32 Å². The van der Waals surface area contributed by atoms with Crippen LogP contribution in [0.5, 0.6) is 0 Å². The highest BCUT2D eigenvalue weighted by molar-refractivity contribution is 5.78. The second-order valence-electron chi connectivity index (χ2n) is 6.13. The van der Waals surface area contributed by atoms with Crippen molar-refractivity contribution in [1.29, 1.82) is 0 Å². The Labute approximate surface area is 131 Å². The molecule has 0 saturated carbocycles. The van der Waals surface area contributed by atoms with Gasteiger partial charge < -0.3 is 5.32 Å². The topological polar surface area (TPSA) is 53.6 Å². The molecule has 0 aliphatic carbocycles. The van der Waals surface area contributed by atoms with Gasteiger partial charge in [-0.3, -0.25) is 5.10 Å². The summed E-state index contributed by atoms with van der Waals surface area (Å²) in [5.41, 5.74) is 3.70. The molecule has 1 aromatic carbocycles. The molecule has 2 N–H and O–H groups in total. The molecule has 114 valence electrons. The fraction of sp³-hybridized carbons (Fsp3) is 0.333. The van der Waals surface area contributed by atoms with Crippen LogP contribution in [0.1, 0.15) is 43.7 Å². The maximum absolute atomic E-state index is 4.40. The van der Waals surface area contributed by atoms with Crippen LogP contribution in [0.4, 0.5) is 5.82 Å². The fourth-order valence-electron chi connectivity index (χ4n) is 2.55. The van der Waals surface area contributed by atoms with Crippen molar-refractivity contribution >= 4 is 16.7 Å². The quantitative estimate of drug-likeness (QED) is 0.737. The molecule has 4 nitrogen and oxygen atoms in total. The second-order valence-corrected chi connectivity index (χ2v) is 6.13. The summed E-state index contributed by atoms with van der Waals surface area (Å²) in [6.45, 7) is 7.47. The van der Waals surface area contributed by atoms with E-state index in [4.69, 9.17) is 0 Å². The number of aromatic nitrogens is 3. The summed E-state index contributed by atoms with van der Waals surface area (Å²) in [5, 5.41) is 11.7. The Hall–Kier alpha value is -2.36. The number of pyridine rings is 1. The van der Waals surface area contributed by atoms with Crippen molar-refractivity contribution in [3.05, 3.63) is 53.9 Å². The summed E-state index contributed by atoms with van der Waals surface area (Å²) in [6, 6.07) is 10.7. The van der Waals surface area contributed by atoms with Gasteiger partial charge in [-0.25, -0.2) is 4.98 Å². The number of aromatic amines is 1. The lowest BCUT2D eigenvalue weighted by molar-refractivity contribution is 0.801. The SMILES string of the molecule is CC(C)c1ccnc(NCC(C)c2ccc3[nH]ncc3c2)c1. The van der Waals surface area contributed by atoms with Crippen LogP contribution >= 0.6 is 0 Å². The molecule has 0 fully saturated rings. The van der Waals surface area contributed by atoms with Gasteiger partial charge in [0.05, 0.1) is 11.7 Å². The Kier molecular flexibility index (Phi) is 4.09. The molecule has 0 aliphatic rings. The van der Waals surface area contributed by atoms with Gasteiger partial charge >= 0.3 is 0 Å². The maximum atomic E-state index is 4.40. The minimum Gasteiger partial charge on any atom is -0.369 e. The van der Waals surface area contributed by atoms with Gasteiger partial charge in [0.1, 0.15) is 5.82 Å². The average molecular weight is 294 g/mol. The Balaban J connectivity index is 1.68. The van der Waals surface area contributed by atoms with E-state index in [0.29, 0.717) is 11.8 Å². The van der Waals surface area contributed by atoms with Crippen LogP contribution in [-0.4, -0.2) is 21.7 Å². The molecule has 0 aliphatic heterocycles. The first-order valence-electron chi connectivity index (χ1n) is 7.76. The van der Waals surface area contributed by atoms with Crippen molar-refractivity contribution in [1.82, 2.24) is 15.2 Å². The number of benzene rings is 1. The van der Waals surface area contributed by atoms with Crippen molar-refractivity contribution in [3.63, 3.8) is 0 Å². The van der Waals surface area contributed by atoms with Gasteiger partial charge in [0, 0.05) is 18.1 Å². The van der Waals surface area contributed by atoms with Crippen LogP contribution in [0.25, 0.3) is 10.9 Å². The minimum atomic E-state index is 0.406. The minimum absolute atomic E-state index is 0.406. The number of anilines is 1. The van der Waals surface area contributed by atoms with Crippen LogP contribution in [0.3, 0.4) is 0 Å². The third-order valence-corrected chi connectivity index (χ3v) is 4.07. The van der Waals surface area contributed by atoms with Gasteiger partial charge in [-0.2, -0.15) is 5.10 Å². The molecule has 0 saturated heterocycles. The molecular formula is C18H22N4. The monoisotopic (exact) mass is 294 g/mol. The summed E-state index contributed by atoms with van der Waals surface area (Å²) in [6.07, 6.45) is 3.74. The molecule has 22 heavy (non-hydrogen) atoms. The van der Waals surface area contributed by atoms with Crippen LogP contribution in [0.2, 0.25) is 0 Å². The number of rotatable bonds is 5. The standard InChI is InChI=1S/C18H22N4/c1-12(2)14-6-7-19-18(9-14)20-10-13(3)15-4-5-17-16(8-15)11-21-22-17/h4-9,11-13H,10H2,1-3H3,(H,19,20)(H,21,22). The smallest absolute Gasteiger partial charge is 0.126 e. The molecular weight excluding hydrogens is 272 g/mol. The van der Waals surface area contributed by atoms with E-state index in [1.54, 1.807) is 0 Å². The second kappa shape index (κ2) is 6.18. The van der Waals surface area contributed by atoms with Crippen LogP contribution in [0.15, 0.2) is 42.7 Å². The van der Waals surface area contributed by atoms with Gasteiger partial charge in [-0.15, -0.1) is 0 Å². The van der Waals surface area contributed by atoms with Crippen molar-refractivity contribution in [2.75, 3.05) is 11.9 Å². The predicted octanol–water partition coefficient (Wildman–Crippen LogP) is 4.30. The van der Waals surface area contributed by atoms with Gasteiger partial charge in [0.15, 0.2) is 0 Å². The lowest BCUT2D eigenvalue weighted by atomic mass is 10.00. The lowest BCUT2D eigenvalue weighted by Crippen LogP contribution is -2.11. The Bertz CT molecular complexity index is 760. The van der Waals surface area contributed by atoms with Crippen molar-refractivity contribution in [3.8, 4) is 0 Å². The molecule has 0 spiro atoms. The number of fused-ring (bicyclic) bond motifs is 1. The first-order valence-corrected chi connectivity index (χ1v) is 7.76. The third-order valence-electron chi connectivity index (χ3n) is 4.07. The van der Waals surface area contributed by atoms with Crippen molar-refractivity contribution in [2.45, 2.75) is 32.6 Å². The summed E-state index contributed by atoms with van der Waals surface area (Å²) >= 11 is 0. The van der Waals surface area contributed by atoms with E-state index in [2.05, 4.69) is 71.6 Å². The number of hydrogen-bond acceptors (Lipinski definition) is 3. The van der Waals surface area contributed by atoms with Crippen molar-refractivity contribution < 1.29 is 0 Å². The lowest BCUT2D eigenvalue weighted by Gasteiger charge is -2.15. The molecule has 3 rings (SSSR count). The van der Waals surface area contributed by atoms with Gasteiger partial charge in [-0.05, 0) is 47.2 Å². The molecule has 3 aromatic rings. The van der Waals surface area contributed by atoms with E-state index in [0.717, 1.165) is 23.3 Å². The average Bonchev–Trinajstić information content (AvgIpc) is 3.00. The summed E-state index contributed by atoms with van der Waals surface area (Å²) in [5.74, 6) is 1.87. The maximum Gasteiger partial charge on any atom is 0.126 e. The number of H-pyrrole nitrogens is 1. The summed E-state index contributed by atoms with van der Waals surface area (Å²) < 4.78 is 0. The zero-order valence-electron chi connectivity index (χ0n) is 13.3. The van der Waals surface area contributed by atoms with Gasteiger partial charge in [0.25, 0.3) is 0 Å². The van der Waals surface area contributed by atoms with E-state index in [1.807, 2.05) is 12.4 Å². The zero-order chi connectivity index (χ0) is 15.5. The molecule has 1 atom stereocenters. The van der Waals surface area contributed by atoms with Crippen LogP contribution in [-0.2, 0) is 0 Å². The highest BCUT2D eigenvalue weighted by Crippen LogP contribution is 2.21. The molecule has 0 amide bonds. The first kappa shape index (κ1) is 14.6. The Morgan fingerprint density at radius 3 is 2.77 bits per heavy atom.